The van der Waals surface area contributed by atoms with Crippen molar-refractivity contribution < 1.29 is 47.8 Å². The number of esters is 1. The summed E-state index contributed by atoms with van der Waals surface area (Å²) in [4.78, 5) is 96.7. The third kappa shape index (κ3) is 13.9. The molecular weight excluding hydrogens is 738 g/mol. The first-order chi connectivity index (χ1) is 27.0. The van der Waals surface area contributed by atoms with Gasteiger partial charge in [0.05, 0.1) is 32.2 Å². The van der Waals surface area contributed by atoms with Gasteiger partial charge < -0.3 is 45.7 Å². The summed E-state index contributed by atoms with van der Waals surface area (Å²) in [5.41, 5.74) is 6.21. The monoisotopic (exact) mass is 793 g/mol. The molecule has 310 valence electrons. The molecule has 5 N–H and O–H groups in total. The molecule has 2 fully saturated rings. The third-order valence-electron chi connectivity index (χ3n) is 9.35. The average Bonchev–Trinajstić information content (AvgIpc) is 3.66. The number of carbonyl (C=O) groups is 7. The molecule has 2 aromatic carbocycles. The van der Waals surface area contributed by atoms with Gasteiger partial charge in [-0.2, -0.15) is 0 Å². The molecule has 0 radical (unpaired) electrons. The molecular formula is C40H55N7O10. The van der Waals surface area contributed by atoms with Gasteiger partial charge in [0.2, 0.25) is 29.7 Å². The van der Waals surface area contributed by atoms with E-state index in [4.69, 9.17) is 19.9 Å². The highest BCUT2D eigenvalue weighted by molar-refractivity contribution is 5.95. The van der Waals surface area contributed by atoms with Crippen molar-refractivity contribution in [1.29, 1.82) is 0 Å². The highest BCUT2D eigenvalue weighted by Crippen LogP contribution is 2.23. The SMILES string of the molecule is CC(=O)OC(C(=O)N1CCC[C@H]1C(=O)NC(C)(C)C)C(Cc1ccccc1)NC(=O)[C@H](CC(N)=O)NC(=O)COc1ccc(N(C)C(=O)CN2CCOCC2)cc1. The number of anilines is 1. The van der Waals surface area contributed by atoms with Gasteiger partial charge in [0, 0.05) is 44.8 Å². The topological polar surface area (TPSA) is 219 Å². The molecule has 4 atom stereocenters. The van der Waals surface area contributed by atoms with Crippen molar-refractivity contribution in [3.63, 3.8) is 0 Å². The van der Waals surface area contributed by atoms with Gasteiger partial charge in [-0.1, -0.05) is 30.3 Å². The molecule has 0 aliphatic carbocycles. The minimum Gasteiger partial charge on any atom is -0.484 e. The zero-order chi connectivity index (χ0) is 41.7. The molecule has 2 aromatic rings. The fourth-order valence-electron chi connectivity index (χ4n) is 6.55. The van der Waals surface area contributed by atoms with E-state index in [1.807, 2.05) is 25.7 Å². The molecule has 2 heterocycles. The molecule has 0 aromatic heterocycles. The number of primary amides is 1. The van der Waals surface area contributed by atoms with E-state index in [1.165, 1.54) is 9.80 Å². The molecule has 2 unspecified atom stereocenters. The second-order valence-electron chi connectivity index (χ2n) is 15.2. The van der Waals surface area contributed by atoms with Gasteiger partial charge in [0.25, 0.3) is 11.8 Å². The summed E-state index contributed by atoms with van der Waals surface area (Å²) in [5, 5.41) is 8.10. The molecule has 57 heavy (non-hydrogen) atoms. The maximum Gasteiger partial charge on any atom is 0.303 e. The van der Waals surface area contributed by atoms with Gasteiger partial charge in [-0.05, 0) is 69.9 Å². The number of morpholine rings is 1. The van der Waals surface area contributed by atoms with E-state index in [1.54, 1.807) is 61.6 Å². The minimum atomic E-state index is -1.57. The Labute approximate surface area is 332 Å². The fourth-order valence-corrected chi connectivity index (χ4v) is 6.55. The number of hydrogen-bond donors (Lipinski definition) is 4. The van der Waals surface area contributed by atoms with Crippen molar-refractivity contribution in [2.75, 3.05) is 57.9 Å². The number of nitrogens with two attached hydrogens (primary N) is 1. The van der Waals surface area contributed by atoms with Crippen LogP contribution in [0.1, 0.15) is 52.5 Å². The number of likely N-dealkylation sites (tertiary alicyclic amines) is 1. The number of likely N-dealkylation sites (N-methyl/N-ethyl adjacent to an activating group) is 1. The van der Waals surface area contributed by atoms with Crippen LogP contribution in [0.25, 0.3) is 0 Å². The molecule has 2 saturated heterocycles. The van der Waals surface area contributed by atoms with Crippen molar-refractivity contribution >= 4 is 47.1 Å². The summed E-state index contributed by atoms with van der Waals surface area (Å²) >= 11 is 0. The minimum absolute atomic E-state index is 0.00725. The van der Waals surface area contributed by atoms with Crippen LogP contribution in [-0.4, -0.2) is 134 Å². The largest absolute Gasteiger partial charge is 0.484 e. The van der Waals surface area contributed by atoms with E-state index in [0.717, 1.165) is 6.92 Å². The summed E-state index contributed by atoms with van der Waals surface area (Å²) in [6.07, 6.45) is -1.24. The smallest absolute Gasteiger partial charge is 0.303 e. The summed E-state index contributed by atoms with van der Waals surface area (Å²) in [5.74, 6) is -4.14. The Morgan fingerprint density at radius 2 is 1.61 bits per heavy atom. The van der Waals surface area contributed by atoms with Gasteiger partial charge in [-0.3, -0.25) is 38.5 Å². The molecule has 17 nitrogen and oxygen atoms in total. The van der Waals surface area contributed by atoms with Crippen LogP contribution in [0.3, 0.4) is 0 Å². The summed E-state index contributed by atoms with van der Waals surface area (Å²) in [6, 6.07) is 11.8. The van der Waals surface area contributed by atoms with Crippen LogP contribution in [0.4, 0.5) is 5.69 Å². The van der Waals surface area contributed by atoms with E-state index >= 15 is 0 Å². The number of nitrogens with zero attached hydrogens (tertiary/aromatic N) is 3. The maximum absolute atomic E-state index is 14.2. The van der Waals surface area contributed by atoms with E-state index in [0.29, 0.717) is 56.1 Å². The first-order valence-electron chi connectivity index (χ1n) is 19.0. The summed E-state index contributed by atoms with van der Waals surface area (Å²) in [7, 11) is 1.67. The highest BCUT2D eigenvalue weighted by atomic mass is 16.5. The Morgan fingerprint density at radius 1 is 0.947 bits per heavy atom. The quantitative estimate of drug-likeness (QED) is 0.160. The number of carbonyl (C=O) groups excluding carboxylic acids is 7. The van der Waals surface area contributed by atoms with Gasteiger partial charge in [-0.25, -0.2) is 0 Å². The lowest BCUT2D eigenvalue weighted by molar-refractivity contribution is -0.162. The van der Waals surface area contributed by atoms with Gasteiger partial charge >= 0.3 is 5.97 Å². The zero-order valence-electron chi connectivity index (χ0n) is 33.3. The van der Waals surface area contributed by atoms with E-state index in [2.05, 4.69) is 16.0 Å². The standard InChI is InChI=1S/C40H55N7O10/c1-26(48)57-36(39(54)47-17-9-12-32(47)38(53)44-40(2,3)4)30(22-27-10-7-6-8-11-27)43-37(52)31(23-33(41)49)42-34(50)25-56-29-15-13-28(14-16-29)45(5)35(51)24-46-18-20-55-21-19-46/h6-8,10-11,13-16,30-32,36H,9,12,17-25H2,1-5H3,(H2,41,49)(H,42,50)(H,43,52)(H,44,53)/t30?,31-,32-,36?/m0/s1. The van der Waals surface area contributed by atoms with Crippen molar-refractivity contribution in [2.45, 2.75) is 83.1 Å². The Balaban J connectivity index is 1.46. The molecule has 4 rings (SSSR count). The lowest BCUT2D eigenvalue weighted by Crippen LogP contribution is -2.60. The van der Waals surface area contributed by atoms with Gasteiger partial charge in [-0.15, -0.1) is 0 Å². The molecule has 0 bridgehead atoms. The van der Waals surface area contributed by atoms with Gasteiger partial charge in [0.15, 0.2) is 6.61 Å². The second-order valence-corrected chi connectivity index (χ2v) is 15.2. The Bertz CT molecular complexity index is 1730. The fraction of sp³-hybridized carbons (Fsp3) is 0.525. The summed E-state index contributed by atoms with van der Waals surface area (Å²) < 4.78 is 16.6. The first-order valence-corrected chi connectivity index (χ1v) is 19.0. The van der Waals surface area contributed by atoms with E-state index < -0.39 is 72.4 Å². The number of hydrogen-bond acceptors (Lipinski definition) is 11. The van der Waals surface area contributed by atoms with Crippen molar-refractivity contribution in [3.8, 4) is 5.75 Å². The lowest BCUT2D eigenvalue weighted by Gasteiger charge is -2.34. The average molecular weight is 794 g/mol. The lowest BCUT2D eigenvalue weighted by atomic mass is 9.98. The van der Waals surface area contributed by atoms with Crippen molar-refractivity contribution in [3.05, 3.63) is 60.2 Å². The van der Waals surface area contributed by atoms with E-state index in [9.17, 15) is 33.6 Å². The van der Waals surface area contributed by atoms with Crippen LogP contribution in [0.15, 0.2) is 54.6 Å². The second kappa shape index (κ2) is 20.6. The molecule has 0 spiro atoms. The first kappa shape index (κ1) is 44.2. The van der Waals surface area contributed by atoms with Gasteiger partial charge in [0.1, 0.15) is 17.8 Å². The zero-order valence-corrected chi connectivity index (χ0v) is 33.3. The number of benzene rings is 2. The number of rotatable bonds is 17. The molecule has 2 aliphatic rings. The highest BCUT2D eigenvalue weighted by Gasteiger charge is 2.43. The predicted molar refractivity (Wildman–Crippen MR) is 209 cm³/mol. The Kier molecular flexibility index (Phi) is 15.9. The van der Waals surface area contributed by atoms with Crippen LogP contribution in [0.5, 0.6) is 5.75 Å². The third-order valence-corrected chi connectivity index (χ3v) is 9.35. The maximum atomic E-state index is 14.2. The predicted octanol–water partition coefficient (Wildman–Crippen LogP) is 0.286. The van der Waals surface area contributed by atoms with Crippen LogP contribution in [0.2, 0.25) is 0 Å². The van der Waals surface area contributed by atoms with Crippen LogP contribution in [0, 0.1) is 0 Å². The molecule has 17 heteroatoms. The van der Waals surface area contributed by atoms with E-state index in [-0.39, 0.29) is 31.3 Å². The normalized spacial score (nSPS) is 17.4. The Hall–Kier alpha value is -5.55. The molecule has 0 saturated carbocycles. The van der Waals surface area contributed by atoms with Crippen LogP contribution >= 0.6 is 0 Å². The van der Waals surface area contributed by atoms with Crippen molar-refractivity contribution in [1.82, 2.24) is 25.8 Å². The van der Waals surface area contributed by atoms with Crippen LogP contribution in [-0.2, 0) is 49.5 Å². The number of ether oxygens (including phenoxy) is 3. The van der Waals surface area contributed by atoms with Crippen molar-refractivity contribution in [2.24, 2.45) is 5.73 Å². The Morgan fingerprint density at radius 3 is 2.23 bits per heavy atom. The molecule has 6 amide bonds. The number of nitrogens with one attached hydrogen (secondary N) is 3. The molecule has 2 aliphatic heterocycles. The summed E-state index contributed by atoms with van der Waals surface area (Å²) in [6.45, 7) is 9.04. The van der Waals surface area contributed by atoms with Crippen LogP contribution < -0.4 is 31.3 Å². The number of amides is 6.